The zero-order chi connectivity index (χ0) is 24.4. The van der Waals surface area contributed by atoms with Crippen LogP contribution in [0.3, 0.4) is 0 Å². The van der Waals surface area contributed by atoms with Gasteiger partial charge in [-0.2, -0.15) is 4.98 Å². The van der Waals surface area contributed by atoms with E-state index in [1.54, 1.807) is 19.2 Å². The molecule has 3 aliphatic rings. The first-order valence-corrected chi connectivity index (χ1v) is 12.4. The van der Waals surface area contributed by atoms with Crippen molar-refractivity contribution in [3.63, 3.8) is 0 Å². The van der Waals surface area contributed by atoms with Gasteiger partial charge in [-0.1, -0.05) is 11.2 Å². The van der Waals surface area contributed by atoms with Crippen LogP contribution >= 0.6 is 0 Å². The summed E-state index contributed by atoms with van der Waals surface area (Å²) < 4.78 is 30.8. The van der Waals surface area contributed by atoms with Crippen molar-refractivity contribution in [1.82, 2.24) is 15.0 Å². The molecule has 0 spiro atoms. The number of ketones is 1. The number of carbonyl (C=O) groups is 1. The number of halogens is 1. The molecule has 2 saturated heterocycles. The van der Waals surface area contributed by atoms with Gasteiger partial charge in [-0.05, 0) is 54.7 Å². The smallest absolute Gasteiger partial charge is 0.324 e. The van der Waals surface area contributed by atoms with Gasteiger partial charge in [-0.15, -0.1) is 0 Å². The van der Waals surface area contributed by atoms with E-state index in [-0.39, 0.29) is 24.0 Å². The molecule has 2 aromatic rings. The van der Waals surface area contributed by atoms with Gasteiger partial charge >= 0.3 is 6.01 Å². The molecule has 2 atom stereocenters. The molecule has 3 fully saturated rings. The second-order valence-electron chi connectivity index (χ2n) is 10.0. The number of piperidine rings is 1. The Bertz CT molecular complexity index is 1020. The third kappa shape index (κ3) is 5.88. The van der Waals surface area contributed by atoms with Gasteiger partial charge in [0.1, 0.15) is 12.4 Å². The number of methoxy groups -OCH3 is 1. The Morgan fingerprint density at radius 2 is 2.06 bits per heavy atom. The van der Waals surface area contributed by atoms with E-state index in [0.29, 0.717) is 62.5 Å². The van der Waals surface area contributed by atoms with Crippen molar-refractivity contribution in [2.45, 2.75) is 38.6 Å². The summed E-state index contributed by atoms with van der Waals surface area (Å²) in [5.74, 6) is 1.71. The molecule has 9 nitrogen and oxygen atoms in total. The van der Waals surface area contributed by atoms with Crippen LogP contribution in [0.1, 0.15) is 41.0 Å². The first-order chi connectivity index (χ1) is 17.0. The fourth-order valence-electron chi connectivity index (χ4n) is 5.28. The van der Waals surface area contributed by atoms with Crippen molar-refractivity contribution in [1.29, 1.82) is 0 Å². The Morgan fingerprint density at radius 3 is 2.77 bits per heavy atom. The predicted octanol–water partition coefficient (Wildman–Crippen LogP) is 2.28. The van der Waals surface area contributed by atoms with Gasteiger partial charge in [0.15, 0.2) is 11.6 Å². The number of ether oxygens (including phenoxy) is 2. The molecule has 2 aliphatic heterocycles. The lowest BCUT2D eigenvalue weighted by atomic mass is 9.91. The number of benzene rings is 1. The van der Waals surface area contributed by atoms with Gasteiger partial charge < -0.3 is 24.0 Å². The summed E-state index contributed by atoms with van der Waals surface area (Å²) in [5.41, 5.74) is 0.829. The third-order valence-corrected chi connectivity index (χ3v) is 7.36. The number of Topliss-reactive ketones (excluding diaryl/α,β-unsaturated/α-hetero) is 1. The van der Waals surface area contributed by atoms with Crippen LogP contribution in [0.2, 0.25) is 0 Å². The first-order valence-electron chi connectivity index (χ1n) is 12.4. The van der Waals surface area contributed by atoms with E-state index >= 15 is 0 Å². The second kappa shape index (κ2) is 10.7. The van der Waals surface area contributed by atoms with E-state index < -0.39 is 5.82 Å². The Balaban J connectivity index is 1.01. The summed E-state index contributed by atoms with van der Waals surface area (Å²) in [4.78, 5) is 20.6. The van der Waals surface area contributed by atoms with Gasteiger partial charge in [0, 0.05) is 33.3 Å². The van der Waals surface area contributed by atoms with Crippen molar-refractivity contribution in [3.05, 3.63) is 41.0 Å². The highest BCUT2D eigenvalue weighted by Gasteiger charge is 2.43. The molecule has 1 N–H and O–H groups in total. The number of likely N-dealkylation sites (tertiary alicyclic amines) is 1. The molecule has 1 aromatic heterocycles. The second-order valence-corrected chi connectivity index (χ2v) is 10.0. The van der Waals surface area contributed by atoms with Gasteiger partial charge in [0.25, 0.3) is 0 Å². The van der Waals surface area contributed by atoms with E-state index in [9.17, 15) is 14.3 Å². The van der Waals surface area contributed by atoms with E-state index in [0.717, 1.165) is 31.5 Å². The fraction of sp³-hybridized carbons (Fsp3) is 0.640. The lowest BCUT2D eigenvalue weighted by molar-refractivity contribution is 0.00508. The molecule has 0 amide bonds. The van der Waals surface area contributed by atoms with Gasteiger partial charge in [-0.3, -0.25) is 9.69 Å². The molecule has 190 valence electrons. The molecule has 0 radical (unpaired) electrons. The number of carbonyl (C=O) groups excluding carboxylic acids is 1. The third-order valence-electron chi connectivity index (χ3n) is 7.36. The van der Waals surface area contributed by atoms with Crippen LogP contribution in [0.4, 0.5) is 10.4 Å². The van der Waals surface area contributed by atoms with Crippen molar-refractivity contribution in [2.75, 3.05) is 51.3 Å². The Kier molecular flexibility index (Phi) is 7.43. The van der Waals surface area contributed by atoms with Crippen LogP contribution in [-0.2, 0) is 22.7 Å². The number of β-amino-alcohol motifs (C(OH)–C–C–N with tert-alkyl or cyclic N) is 1. The monoisotopic (exact) mass is 488 g/mol. The Morgan fingerprint density at radius 1 is 1.26 bits per heavy atom. The van der Waals surface area contributed by atoms with Gasteiger partial charge in [0.2, 0.25) is 0 Å². The summed E-state index contributed by atoms with van der Waals surface area (Å²) in [6.07, 6.45) is 2.99. The SMILES string of the molecule is COCc1noc(N2CCC([C@H]3C[C@H]3COCc3ccc(C(=O)CN4CC(O)C4)c(F)c3)CC2)n1. The molecule has 1 aliphatic carbocycles. The topological polar surface area (TPSA) is 101 Å². The maximum atomic E-state index is 14.5. The van der Waals surface area contributed by atoms with Crippen LogP contribution in [0, 0.1) is 23.6 Å². The minimum Gasteiger partial charge on any atom is -0.390 e. The molecule has 0 unspecified atom stereocenters. The quantitative estimate of drug-likeness (QED) is 0.478. The largest absolute Gasteiger partial charge is 0.390 e. The normalized spacial score (nSPS) is 23.5. The average molecular weight is 489 g/mol. The lowest BCUT2D eigenvalue weighted by Crippen LogP contribution is -2.52. The molecule has 3 heterocycles. The highest BCUT2D eigenvalue weighted by molar-refractivity contribution is 5.98. The number of rotatable bonds is 11. The van der Waals surface area contributed by atoms with Crippen LogP contribution in [0.5, 0.6) is 0 Å². The number of aliphatic hydroxyl groups excluding tert-OH is 1. The minimum atomic E-state index is -0.510. The first kappa shape index (κ1) is 24.3. The average Bonchev–Trinajstić information content (AvgIpc) is 3.45. The van der Waals surface area contributed by atoms with Crippen LogP contribution in [0.15, 0.2) is 22.7 Å². The standard InChI is InChI=1S/C25H33FN4O5/c1-33-15-24-27-25(35-28-24)30-6-4-17(5-7-30)21-9-18(21)14-34-13-16-2-3-20(22(26)8-16)23(32)12-29-10-19(31)11-29/h2-3,8,17-19,21,31H,4-7,9-15H2,1H3/t18-,21+/m0/s1. The van der Waals surface area contributed by atoms with E-state index in [4.69, 9.17) is 14.0 Å². The number of aromatic nitrogens is 2. The van der Waals surface area contributed by atoms with Crippen molar-refractivity contribution >= 4 is 11.8 Å². The van der Waals surface area contributed by atoms with Gasteiger partial charge in [0.05, 0.1) is 31.4 Å². The fourth-order valence-corrected chi connectivity index (χ4v) is 5.28. The maximum absolute atomic E-state index is 14.5. The zero-order valence-electron chi connectivity index (χ0n) is 20.1. The predicted molar refractivity (Wildman–Crippen MR) is 124 cm³/mol. The highest BCUT2D eigenvalue weighted by atomic mass is 19.1. The molecule has 5 rings (SSSR count). The number of hydrogen-bond donors (Lipinski definition) is 1. The molecule has 1 saturated carbocycles. The molecule has 1 aromatic carbocycles. The van der Waals surface area contributed by atoms with Crippen LogP contribution in [0.25, 0.3) is 0 Å². The maximum Gasteiger partial charge on any atom is 0.324 e. The minimum absolute atomic E-state index is 0.0965. The number of aliphatic hydroxyl groups is 1. The Labute approximate surface area is 204 Å². The Hall–Kier alpha value is -2.40. The number of anilines is 1. The van der Waals surface area contributed by atoms with Crippen LogP contribution < -0.4 is 4.90 Å². The van der Waals surface area contributed by atoms with Crippen LogP contribution in [-0.4, -0.2) is 78.5 Å². The van der Waals surface area contributed by atoms with Gasteiger partial charge in [-0.25, -0.2) is 4.39 Å². The van der Waals surface area contributed by atoms with Crippen molar-refractivity contribution in [3.8, 4) is 0 Å². The summed E-state index contributed by atoms with van der Waals surface area (Å²) in [6, 6.07) is 5.28. The van der Waals surface area contributed by atoms with E-state index in [1.165, 1.54) is 12.5 Å². The van der Waals surface area contributed by atoms with Crippen molar-refractivity contribution < 1.29 is 28.3 Å². The molecule has 10 heteroatoms. The van der Waals surface area contributed by atoms with Crippen molar-refractivity contribution in [2.24, 2.45) is 17.8 Å². The number of hydrogen-bond acceptors (Lipinski definition) is 9. The number of nitrogens with zero attached hydrogens (tertiary/aromatic N) is 4. The molecule has 35 heavy (non-hydrogen) atoms. The summed E-state index contributed by atoms with van der Waals surface area (Å²) in [5, 5.41) is 13.3. The zero-order valence-corrected chi connectivity index (χ0v) is 20.1. The lowest BCUT2D eigenvalue weighted by Gasteiger charge is -2.35. The summed E-state index contributed by atoms with van der Waals surface area (Å²) in [7, 11) is 1.61. The summed E-state index contributed by atoms with van der Waals surface area (Å²) >= 11 is 0. The molecular formula is C25H33FN4O5. The van der Waals surface area contributed by atoms with E-state index in [1.807, 2.05) is 4.90 Å². The van der Waals surface area contributed by atoms with E-state index in [2.05, 4.69) is 15.0 Å². The molecule has 0 bridgehead atoms. The summed E-state index contributed by atoms with van der Waals surface area (Å²) in [6.45, 7) is 4.25. The highest BCUT2D eigenvalue weighted by Crippen LogP contribution is 2.48. The molecular weight excluding hydrogens is 455 g/mol.